The Balaban J connectivity index is 0.00000338. The number of nitrogens with zero attached hydrogens (tertiary/aromatic N) is 2. The number of hydrogen-bond acceptors (Lipinski definition) is 4. The van der Waals surface area contributed by atoms with Gasteiger partial charge in [-0.3, -0.25) is 4.99 Å². The van der Waals surface area contributed by atoms with Crippen molar-refractivity contribution in [2.45, 2.75) is 51.7 Å². The average Bonchev–Trinajstić information content (AvgIpc) is 3.05. The van der Waals surface area contributed by atoms with Crippen molar-refractivity contribution < 1.29 is 5.11 Å². The molecule has 2 rings (SSSR count). The summed E-state index contributed by atoms with van der Waals surface area (Å²) in [6.07, 6.45) is 4.21. The highest BCUT2D eigenvalue weighted by atomic mass is 127. The minimum Gasteiger partial charge on any atom is -0.386 e. The van der Waals surface area contributed by atoms with Gasteiger partial charge in [0.25, 0.3) is 0 Å². The third-order valence-electron chi connectivity index (χ3n) is 4.45. The Morgan fingerprint density at radius 1 is 1.38 bits per heavy atom. The minimum absolute atomic E-state index is 0. The Kier molecular flexibility index (Phi) is 12.1. The topological polar surface area (TPSA) is 59.9 Å². The molecule has 26 heavy (non-hydrogen) atoms. The van der Waals surface area contributed by atoms with Gasteiger partial charge in [0.1, 0.15) is 6.10 Å². The molecule has 8 heteroatoms. The highest BCUT2D eigenvalue weighted by Gasteiger charge is 2.19. The van der Waals surface area contributed by atoms with Crippen molar-refractivity contribution in [3.05, 3.63) is 21.3 Å². The number of nitrogens with one attached hydrogen (secondary N) is 2. The molecule has 3 N–H and O–H groups in total. The third-order valence-corrected chi connectivity index (χ3v) is 5.78. The van der Waals surface area contributed by atoms with Gasteiger partial charge in [-0.2, -0.15) is 0 Å². The Morgan fingerprint density at radius 2 is 2.12 bits per heavy atom. The zero-order valence-electron chi connectivity index (χ0n) is 15.7. The first-order chi connectivity index (χ1) is 12.1. The molecule has 1 atom stereocenters. The van der Waals surface area contributed by atoms with Crippen molar-refractivity contribution in [3.8, 4) is 0 Å². The van der Waals surface area contributed by atoms with Gasteiger partial charge in [0.05, 0.1) is 10.9 Å². The largest absolute Gasteiger partial charge is 0.386 e. The Morgan fingerprint density at radius 3 is 2.69 bits per heavy atom. The van der Waals surface area contributed by atoms with E-state index in [1.165, 1.54) is 30.7 Å². The van der Waals surface area contributed by atoms with Crippen LogP contribution in [-0.4, -0.2) is 54.7 Å². The lowest BCUT2D eigenvalue weighted by Crippen LogP contribution is -2.48. The van der Waals surface area contributed by atoms with Crippen LogP contribution in [0.15, 0.2) is 17.1 Å². The fraction of sp³-hybridized carbons (Fsp3) is 0.722. The Labute approximate surface area is 183 Å². The van der Waals surface area contributed by atoms with Crippen molar-refractivity contribution in [1.29, 1.82) is 0 Å². The van der Waals surface area contributed by atoms with Crippen LogP contribution in [-0.2, 0) is 0 Å². The van der Waals surface area contributed by atoms with Gasteiger partial charge in [-0.05, 0) is 44.9 Å². The predicted octanol–water partition coefficient (Wildman–Crippen LogP) is 3.87. The second kappa shape index (κ2) is 13.1. The first kappa shape index (κ1) is 23.9. The lowest BCUT2D eigenvalue weighted by atomic mass is 10.0. The maximum atomic E-state index is 10.3. The van der Waals surface area contributed by atoms with Crippen molar-refractivity contribution in [3.63, 3.8) is 0 Å². The zero-order chi connectivity index (χ0) is 18.1. The quantitative estimate of drug-likeness (QED) is 0.280. The van der Waals surface area contributed by atoms with Gasteiger partial charge >= 0.3 is 0 Å². The predicted molar refractivity (Wildman–Crippen MR) is 123 cm³/mol. The molecular weight excluding hydrogens is 483 g/mol. The van der Waals surface area contributed by atoms with Crippen LogP contribution >= 0.6 is 46.9 Å². The number of rotatable bonds is 8. The molecule has 0 spiro atoms. The second-order valence-electron chi connectivity index (χ2n) is 6.49. The summed E-state index contributed by atoms with van der Waals surface area (Å²) in [6.45, 7) is 8.95. The number of thiophene rings is 1. The lowest BCUT2D eigenvalue weighted by molar-refractivity contribution is 0.190. The number of unbranched alkanes of at least 4 members (excludes halogenated alkanes) is 1. The molecule has 0 saturated carbocycles. The molecule has 1 unspecified atom stereocenters. The second-order valence-corrected chi connectivity index (χ2v) is 8.24. The maximum absolute atomic E-state index is 10.3. The van der Waals surface area contributed by atoms with Crippen LogP contribution in [0.25, 0.3) is 0 Å². The fourth-order valence-corrected chi connectivity index (χ4v) is 4.01. The molecule has 1 aromatic rings. The Bertz CT molecular complexity index is 535. The lowest BCUT2D eigenvalue weighted by Gasteiger charge is -2.33. The van der Waals surface area contributed by atoms with E-state index in [-0.39, 0.29) is 24.0 Å². The van der Waals surface area contributed by atoms with Crippen LogP contribution in [0.2, 0.25) is 4.34 Å². The third kappa shape index (κ3) is 8.29. The summed E-state index contributed by atoms with van der Waals surface area (Å²) >= 11 is 7.34. The SMILES string of the molecule is CCCCN1CCC(NC(=NCC(O)c2ccc(Cl)s2)NCC)CC1.I. The molecule has 0 bridgehead atoms. The van der Waals surface area contributed by atoms with Crippen molar-refractivity contribution >= 4 is 52.9 Å². The van der Waals surface area contributed by atoms with Crippen LogP contribution in [0, 0.1) is 0 Å². The van der Waals surface area contributed by atoms with Crippen molar-refractivity contribution in [1.82, 2.24) is 15.5 Å². The molecule has 150 valence electrons. The van der Waals surface area contributed by atoms with Crippen molar-refractivity contribution in [2.75, 3.05) is 32.7 Å². The van der Waals surface area contributed by atoms with E-state index in [4.69, 9.17) is 11.6 Å². The van der Waals surface area contributed by atoms with E-state index in [9.17, 15) is 5.11 Å². The zero-order valence-corrected chi connectivity index (χ0v) is 19.6. The minimum atomic E-state index is -0.608. The summed E-state index contributed by atoms with van der Waals surface area (Å²) in [7, 11) is 0. The van der Waals surface area contributed by atoms with E-state index in [1.54, 1.807) is 0 Å². The molecule has 1 aliphatic rings. The number of aliphatic imine (C=N–C) groups is 1. The van der Waals surface area contributed by atoms with Gasteiger partial charge in [-0.25, -0.2) is 0 Å². The van der Waals surface area contributed by atoms with E-state index < -0.39 is 6.10 Å². The standard InChI is InChI=1S/C18H31ClN4OS.HI/c1-3-5-10-23-11-8-14(9-12-23)22-18(20-4-2)21-13-15(24)16-6-7-17(19)25-16;/h6-7,14-15,24H,3-5,8-13H2,1-2H3,(H2,20,21,22);1H. The number of likely N-dealkylation sites (tertiary alicyclic amines) is 1. The van der Waals surface area contributed by atoms with Gasteiger partial charge in [0, 0.05) is 30.6 Å². The van der Waals surface area contributed by atoms with Crippen molar-refractivity contribution in [2.24, 2.45) is 4.99 Å². The summed E-state index contributed by atoms with van der Waals surface area (Å²) in [6, 6.07) is 4.12. The highest BCUT2D eigenvalue weighted by molar-refractivity contribution is 14.0. The number of halogens is 2. The average molecular weight is 515 g/mol. The number of aliphatic hydroxyl groups is 1. The summed E-state index contributed by atoms with van der Waals surface area (Å²) in [4.78, 5) is 7.96. The van der Waals surface area contributed by atoms with E-state index in [0.717, 1.165) is 43.3 Å². The molecular formula is C18H32ClIN4OS. The number of aliphatic hydroxyl groups excluding tert-OH is 1. The van der Waals surface area contributed by atoms with Gasteiger partial charge < -0.3 is 20.6 Å². The summed E-state index contributed by atoms with van der Waals surface area (Å²) in [5, 5.41) is 17.1. The molecule has 1 aromatic heterocycles. The maximum Gasteiger partial charge on any atom is 0.191 e. The number of guanidine groups is 1. The van der Waals surface area contributed by atoms with Crippen LogP contribution in [0.1, 0.15) is 50.5 Å². The van der Waals surface area contributed by atoms with E-state index in [1.807, 2.05) is 12.1 Å². The number of piperidine rings is 1. The molecule has 0 radical (unpaired) electrons. The first-order valence-electron chi connectivity index (χ1n) is 9.32. The van der Waals surface area contributed by atoms with Gasteiger partial charge in [-0.1, -0.05) is 24.9 Å². The highest BCUT2D eigenvalue weighted by Crippen LogP contribution is 2.26. The van der Waals surface area contributed by atoms with Gasteiger partial charge in [0.15, 0.2) is 5.96 Å². The normalized spacial score (nSPS) is 17.6. The van der Waals surface area contributed by atoms with Crippen LogP contribution in [0.4, 0.5) is 0 Å². The summed E-state index contributed by atoms with van der Waals surface area (Å²) in [5.41, 5.74) is 0. The van der Waals surface area contributed by atoms with Crippen LogP contribution < -0.4 is 10.6 Å². The van der Waals surface area contributed by atoms with E-state index in [0.29, 0.717) is 16.9 Å². The fourth-order valence-electron chi connectivity index (χ4n) is 2.97. The molecule has 1 aliphatic heterocycles. The molecule has 5 nitrogen and oxygen atoms in total. The van der Waals surface area contributed by atoms with Gasteiger partial charge in [0.2, 0.25) is 0 Å². The van der Waals surface area contributed by atoms with Crippen LogP contribution in [0.3, 0.4) is 0 Å². The number of hydrogen-bond donors (Lipinski definition) is 3. The molecule has 1 saturated heterocycles. The van der Waals surface area contributed by atoms with E-state index in [2.05, 4.69) is 34.4 Å². The summed E-state index contributed by atoms with van der Waals surface area (Å²) < 4.78 is 0.692. The van der Waals surface area contributed by atoms with Gasteiger partial charge in [-0.15, -0.1) is 35.3 Å². The smallest absolute Gasteiger partial charge is 0.191 e. The molecule has 1 fully saturated rings. The molecule has 0 aromatic carbocycles. The van der Waals surface area contributed by atoms with E-state index >= 15 is 0 Å². The molecule has 0 aliphatic carbocycles. The molecule has 2 heterocycles. The summed E-state index contributed by atoms with van der Waals surface area (Å²) in [5.74, 6) is 0.788. The monoisotopic (exact) mass is 514 g/mol. The Hall–Kier alpha value is -0.0900. The first-order valence-corrected chi connectivity index (χ1v) is 10.5. The molecule has 0 amide bonds. The van der Waals surface area contributed by atoms with Crippen LogP contribution in [0.5, 0.6) is 0 Å².